The van der Waals surface area contributed by atoms with Crippen molar-refractivity contribution in [2.45, 2.75) is 71.6 Å². The highest BCUT2D eigenvalue weighted by Crippen LogP contribution is 2.22. The molecule has 0 amide bonds. The second kappa shape index (κ2) is 13.0. The van der Waals surface area contributed by atoms with Crippen LogP contribution < -0.4 is 0 Å². The Morgan fingerprint density at radius 3 is 1.77 bits per heavy atom. The number of aryl methyl sites for hydroxylation is 2. The minimum Gasteiger partial charge on any atom is -0.0654 e. The summed E-state index contributed by atoms with van der Waals surface area (Å²) in [6, 6.07) is 31.0. The number of benzene rings is 4. The average Bonchev–Trinajstić information content (AvgIpc) is 2.90. The maximum absolute atomic E-state index is 3.35. The van der Waals surface area contributed by atoms with Crippen LogP contribution in [0.25, 0.3) is 21.9 Å². The first kappa shape index (κ1) is 24.8. The van der Waals surface area contributed by atoms with E-state index in [0.29, 0.717) is 0 Å². The van der Waals surface area contributed by atoms with Gasteiger partial charge in [-0.15, -0.1) is 0 Å². The lowest BCUT2D eigenvalue weighted by atomic mass is 10.00. The Morgan fingerprint density at radius 2 is 1.03 bits per heavy atom. The molecule has 0 aromatic heterocycles. The van der Waals surface area contributed by atoms with Gasteiger partial charge in [0.05, 0.1) is 0 Å². The molecule has 178 valence electrons. The molecule has 0 aliphatic carbocycles. The third kappa shape index (κ3) is 7.34. The van der Waals surface area contributed by atoms with Crippen molar-refractivity contribution in [1.82, 2.24) is 0 Å². The normalized spacial score (nSPS) is 10.8. The molecule has 0 bridgehead atoms. The summed E-state index contributed by atoms with van der Waals surface area (Å²) in [7, 11) is 0. The van der Waals surface area contributed by atoms with Crippen LogP contribution in [0.1, 0.15) is 81.0 Å². The Hall–Kier alpha value is -3.30. The zero-order valence-electron chi connectivity index (χ0n) is 21.4. The molecule has 0 saturated carbocycles. The molecule has 0 spiro atoms. The fourth-order valence-corrected chi connectivity index (χ4v) is 4.68. The molecule has 0 saturated heterocycles. The van der Waals surface area contributed by atoms with Crippen molar-refractivity contribution in [2.24, 2.45) is 0 Å². The lowest BCUT2D eigenvalue weighted by Gasteiger charge is -2.05. The van der Waals surface area contributed by atoms with Crippen LogP contribution in [0.15, 0.2) is 84.9 Å². The Kier molecular flexibility index (Phi) is 9.19. The zero-order valence-corrected chi connectivity index (χ0v) is 21.4. The molecule has 0 nitrogen and oxygen atoms in total. The van der Waals surface area contributed by atoms with E-state index in [-0.39, 0.29) is 0 Å². The van der Waals surface area contributed by atoms with Crippen LogP contribution in [0, 0.1) is 11.8 Å². The largest absolute Gasteiger partial charge is 0.0654 e. The van der Waals surface area contributed by atoms with Gasteiger partial charge in [0.1, 0.15) is 0 Å². The van der Waals surface area contributed by atoms with Gasteiger partial charge in [-0.2, -0.15) is 0 Å². The van der Waals surface area contributed by atoms with Gasteiger partial charge in [-0.25, -0.2) is 0 Å². The summed E-state index contributed by atoms with van der Waals surface area (Å²) in [6.45, 7) is 4.50. The van der Waals surface area contributed by atoms with Crippen LogP contribution >= 0.6 is 0 Å². The summed E-state index contributed by atoms with van der Waals surface area (Å²) < 4.78 is 0. The number of unbranched alkanes of at least 4 members (excludes halogenated alkanes) is 5. The maximum Gasteiger partial charge on any atom is 0.0255 e. The van der Waals surface area contributed by atoms with Crippen molar-refractivity contribution in [3.63, 3.8) is 0 Å². The van der Waals surface area contributed by atoms with Gasteiger partial charge in [-0.1, -0.05) is 125 Å². The SMILES string of the molecule is CCCCCCCCc1ccc(-c2ccc(C#Cc3ccc4cc(CCC)ccc4c3)cc2)cc1. The van der Waals surface area contributed by atoms with Crippen molar-refractivity contribution < 1.29 is 0 Å². The van der Waals surface area contributed by atoms with Gasteiger partial charge >= 0.3 is 0 Å². The quantitative estimate of drug-likeness (QED) is 0.164. The molecule has 0 aliphatic heterocycles. The van der Waals surface area contributed by atoms with E-state index in [1.165, 1.54) is 84.4 Å². The number of rotatable bonds is 10. The molecule has 4 aromatic carbocycles. The number of hydrogen-bond acceptors (Lipinski definition) is 0. The molecule has 0 atom stereocenters. The van der Waals surface area contributed by atoms with Crippen LogP contribution in [0.4, 0.5) is 0 Å². The Labute approximate surface area is 212 Å². The first-order chi connectivity index (χ1) is 17.2. The van der Waals surface area contributed by atoms with E-state index in [4.69, 9.17) is 0 Å². The van der Waals surface area contributed by atoms with Gasteiger partial charge in [-0.05, 0) is 76.6 Å². The first-order valence-corrected chi connectivity index (χ1v) is 13.5. The Balaban J connectivity index is 1.35. The van der Waals surface area contributed by atoms with E-state index in [0.717, 1.165) is 17.5 Å². The molecule has 4 rings (SSSR count). The number of fused-ring (bicyclic) bond motifs is 1. The second-order valence-corrected chi connectivity index (χ2v) is 9.69. The summed E-state index contributed by atoms with van der Waals surface area (Å²) in [5, 5.41) is 2.55. The molecule has 0 heteroatoms. The zero-order chi connectivity index (χ0) is 24.3. The Bertz CT molecular complexity index is 1260. The fraction of sp³-hybridized carbons (Fsp3) is 0.314. The molecule has 0 unspecified atom stereocenters. The fourth-order valence-electron chi connectivity index (χ4n) is 4.68. The van der Waals surface area contributed by atoms with Crippen molar-refractivity contribution in [3.8, 4) is 23.0 Å². The van der Waals surface area contributed by atoms with Gasteiger partial charge in [0.25, 0.3) is 0 Å². The van der Waals surface area contributed by atoms with Gasteiger partial charge in [0.2, 0.25) is 0 Å². The van der Waals surface area contributed by atoms with E-state index < -0.39 is 0 Å². The monoisotopic (exact) mass is 458 g/mol. The molecule has 0 radical (unpaired) electrons. The molecule has 0 fully saturated rings. The lowest BCUT2D eigenvalue weighted by molar-refractivity contribution is 0.607. The Morgan fingerprint density at radius 1 is 0.457 bits per heavy atom. The van der Waals surface area contributed by atoms with E-state index in [9.17, 15) is 0 Å². The molecule has 4 aromatic rings. The van der Waals surface area contributed by atoms with Gasteiger partial charge < -0.3 is 0 Å². The van der Waals surface area contributed by atoms with Crippen molar-refractivity contribution in [2.75, 3.05) is 0 Å². The second-order valence-electron chi connectivity index (χ2n) is 9.69. The molecule has 35 heavy (non-hydrogen) atoms. The van der Waals surface area contributed by atoms with E-state index in [1.807, 2.05) is 0 Å². The lowest BCUT2D eigenvalue weighted by Crippen LogP contribution is -1.87. The summed E-state index contributed by atoms with van der Waals surface area (Å²) in [6.07, 6.45) is 11.6. The van der Waals surface area contributed by atoms with Gasteiger partial charge in [0, 0.05) is 11.1 Å². The van der Waals surface area contributed by atoms with Crippen molar-refractivity contribution >= 4 is 10.8 Å². The minimum absolute atomic E-state index is 1.05. The molecular weight excluding hydrogens is 420 g/mol. The van der Waals surface area contributed by atoms with E-state index in [1.54, 1.807) is 0 Å². The minimum atomic E-state index is 1.05. The third-order valence-electron chi connectivity index (χ3n) is 6.79. The molecular formula is C35H38. The highest BCUT2D eigenvalue weighted by molar-refractivity contribution is 5.84. The van der Waals surface area contributed by atoms with Crippen LogP contribution in [0.3, 0.4) is 0 Å². The summed E-state index contributed by atoms with van der Waals surface area (Å²) in [4.78, 5) is 0. The van der Waals surface area contributed by atoms with E-state index >= 15 is 0 Å². The van der Waals surface area contributed by atoms with Gasteiger partial charge in [0.15, 0.2) is 0 Å². The number of hydrogen-bond donors (Lipinski definition) is 0. The molecule has 0 N–H and O–H groups in total. The van der Waals surface area contributed by atoms with Crippen LogP contribution in [0.2, 0.25) is 0 Å². The van der Waals surface area contributed by atoms with Crippen molar-refractivity contribution in [1.29, 1.82) is 0 Å². The third-order valence-corrected chi connectivity index (χ3v) is 6.79. The highest BCUT2D eigenvalue weighted by Gasteiger charge is 2.00. The summed E-state index contributed by atoms with van der Waals surface area (Å²) >= 11 is 0. The van der Waals surface area contributed by atoms with Crippen LogP contribution in [-0.2, 0) is 12.8 Å². The topological polar surface area (TPSA) is 0 Å². The maximum atomic E-state index is 3.35. The first-order valence-electron chi connectivity index (χ1n) is 13.5. The van der Waals surface area contributed by atoms with Crippen molar-refractivity contribution in [3.05, 3.63) is 107 Å². The molecule has 0 aliphatic rings. The average molecular weight is 459 g/mol. The van der Waals surface area contributed by atoms with E-state index in [2.05, 4.69) is 111 Å². The van der Waals surface area contributed by atoms with Crippen LogP contribution in [-0.4, -0.2) is 0 Å². The highest BCUT2D eigenvalue weighted by atomic mass is 14.1. The van der Waals surface area contributed by atoms with Gasteiger partial charge in [-0.3, -0.25) is 0 Å². The standard InChI is InChI=1S/C35H38/c1-3-5-6-7-8-9-11-28-14-20-32(21-15-28)33-22-16-29(17-23-33)12-13-31-19-25-34-26-30(10-4-2)18-24-35(34)27-31/h14-27H,3-11H2,1-2H3. The predicted molar refractivity (Wildman–Crippen MR) is 153 cm³/mol. The molecule has 0 heterocycles. The summed E-state index contributed by atoms with van der Waals surface area (Å²) in [5.41, 5.74) is 7.48. The van der Waals surface area contributed by atoms with Crippen LogP contribution in [0.5, 0.6) is 0 Å². The predicted octanol–water partition coefficient (Wildman–Crippen LogP) is 9.76. The summed E-state index contributed by atoms with van der Waals surface area (Å²) in [5.74, 6) is 6.68. The smallest absolute Gasteiger partial charge is 0.0255 e.